The molecule has 0 atom stereocenters. The molecule has 0 aliphatic heterocycles. The quantitative estimate of drug-likeness (QED) is 0.256. The van der Waals surface area contributed by atoms with E-state index in [1.54, 1.807) is 60.7 Å². The maximum absolute atomic E-state index is 14.7. The van der Waals surface area contributed by atoms with Crippen LogP contribution in [0.3, 0.4) is 0 Å². The van der Waals surface area contributed by atoms with Gasteiger partial charge in [0.05, 0.1) is 0 Å². The molecule has 1 nitrogen and oxygen atoms in total. The predicted octanol–water partition coefficient (Wildman–Crippen LogP) is 8.53. The fourth-order valence-corrected chi connectivity index (χ4v) is 3.97. The summed E-state index contributed by atoms with van der Waals surface area (Å²) >= 11 is 0. The predicted molar refractivity (Wildman–Crippen MR) is 131 cm³/mol. The molecule has 0 fully saturated rings. The van der Waals surface area contributed by atoms with Crippen LogP contribution in [-0.4, -0.2) is 0 Å². The van der Waals surface area contributed by atoms with Crippen molar-refractivity contribution < 1.29 is 17.9 Å². The Morgan fingerprint density at radius 1 is 0.647 bits per heavy atom. The lowest BCUT2D eigenvalue weighted by atomic mass is 10.0. The SMILES string of the molecule is CCCc1ccc(-c2ccc(OCc3ccc(-c4ccc(CC)cc4)c(F)c3F)cc2)c(F)c1. The van der Waals surface area contributed by atoms with Gasteiger partial charge in [0.2, 0.25) is 0 Å². The first-order chi connectivity index (χ1) is 16.5. The van der Waals surface area contributed by atoms with E-state index in [0.29, 0.717) is 16.9 Å². The van der Waals surface area contributed by atoms with E-state index < -0.39 is 11.6 Å². The summed E-state index contributed by atoms with van der Waals surface area (Å²) in [6, 6.07) is 22.8. The Hall–Kier alpha value is -3.53. The number of halogens is 3. The van der Waals surface area contributed by atoms with Crippen LogP contribution in [0.4, 0.5) is 13.2 Å². The maximum Gasteiger partial charge on any atom is 0.167 e. The van der Waals surface area contributed by atoms with Crippen molar-refractivity contribution in [3.8, 4) is 28.0 Å². The highest BCUT2D eigenvalue weighted by atomic mass is 19.2. The van der Waals surface area contributed by atoms with Gasteiger partial charge in [-0.1, -0.05) is 80.9 Å². The Bertz CT molecular complexity index is 1260. The zero-order valence-electron chi connectivity index (χ0n) is 19.4. The minimum Gasteiger partial charge on any atom is -0.489 e. The minimum atomic E-state index is -0.914. The van der Waals surface area contributed by atoms with Crippen LogP contribution in [0.25, 0.3) is 22.3 Å². The number of ether oxygens (including phenoxy) is 1. The molecule has 0 heterocycles. The molecule has 0 N–H and O–H groups in total. The van der Waals surface area contributed by atoms with E-state index in [9.17, 15) is 13.2 Å². The van der Waals surface area contributed by atoms with E-state index in [1.165, 1.54) is 0 Å². The van der Waals surface area contributed by atoms with Crippen molar-refractivity contribution >= 4 is 0 Å². The highest BCUT2D eigenvalue weighted by Crippen LogP contribution is 2.29. The lowest BCUT2D eigenvalue weighted by molar-refractivity contribution is 0.297. The molecule has 174 valence electrons. The van der Waals surface area contributed by atoms with E-state index in [1.807, 2.05) is 25.1 Å². The summed E-state index contributed by atoms with van der Waals surface area (Å²) in [5.74, 6) is -1.57. The molecule has 0 bridgehead atoms. The van der Waals surface area contributed by atoms with Crippen LogP contribution in [0.2, 0.25) is 0 Å². The summed E-state index contributed by atoms with van der Waals surface area (Å²) in [4.78, 5) is 0. The zero-order valence-corrected chi connectivity index (χ0v) is 19.4. The Labute approximate surface area is 198 Å². The van der Waals surface area contributed by atoms with Gasteiger partial charge in [0.1, 0.15) is 18.2 Å². The summed E-state index contributed by atoms with van der Waals surface area (Å²) in [6.45, 7) is 3.99. The molecular weight excluding hydrogens is 433 g/mol. The second-order valence-corrected chi connectivity index (χ2v) is 8.33. The van der Waals surface area contributed by atoms with Gasteiger partial charge in [-0.2, -0.15) is 0 Å². The minimum absolute atomic E-state index is 0.114. The summed E-state index contributed by atoms with van der Waals surface area (Å²) < 4.78 is 49.6. The van der Waals surface area contributed by atoms with Gasteiger partial charge in [-0.3, -0.25) is 0 Å². The van der Waals surface area contributed by atoms with Crippen LogP contribution < -0.4 is 4.74 Å². The monoisotopic (exact) mass is 460 g/mol. The number of aryl methyl sites for hydroxylation is 2. The molecule has 0 aromatic heterocycles. The molecule has 0 spiro atoms. The molecule has 0 aliphatic rings. The molecule has 4 rings (SSSR count). The van der Waals surface area contributed by atoms with Crippen molar-refractivity contribution in [2.24, 2.45) is 0 Å². The average molecular weight is 461 g/mol. The van der Waals surface area contributed by atoms with E-state index in [0.717, 1.165) is 36.0 Å². The van der Waals surface area contributed by atoms with Crippen molar-refractivity contribution in [2.45, 2.75) is 39.7 Å². The standard InChI is InChI=1S/C30H27F3O/c1-3-5-21-8-16-26(28(31)18-21)22-11-14-25(15-12-22)34-19-24-13-17-27(30(33)29(24)32)23-9-6-20(4-2)7-10-23/h6-18H,3-5,19H2,1-2H3. The summed E-state index contributed by atoms with van der Waals surface area (Å²) in [7, 11) is 0. The van der Waals surface area contributed by atoms with Gasteiger partial charge in [0.25, 0.3) is 0 Å². The van der Waals surface area contributed by atoms with Gasteiger partial charge >= 0.3 is 0 Å². The number of hydrogen-bond donors (Lipinski definition) is 0. The number of hydrogen-bond acceptors (Lipinski definition) is 1. The van der Waals surface area contributed by atoms with E-state index in [-0.39, 0.29) is 23.6 Å². The molecule has 0 saturated heterocycles. The van der Waals surface area contributed by atoms with Gasteiger partial charge in [-0.25, -0.2) is 13.2 Å². The van der Waals surface area contributed by atoms with E-state index in [2.05, 4.69) is 6.92 Å². The Morgan fingerprint density at radius 2 is 1.26 bits per heavy atom. The summed E-state index contributed by atoms with van der Waals surface area (Å²) in [5, 5.41) is 0. The van der Waals surface area contributed by atoms with Crippen molar-refractivity contribution in [3.05, 3.63) is 113 Å². The normalized spacial score (nSPS) is 11.0. The zero-order chi connectivity index (χ0) is 24.1. The van der Waals surface area contributed by atoms with Crippen LogP contribution in [0.5, 0.6) is 5.75 Å². The molecular formula is C30H27F3O. The Balaban J connectivity index is 1.46. The number of rotatable bonds is 8. The lowest BCUT2D eigenvalue weighted by Gasteiger charge is -2.12. The summed E-state index contributed by atoms with van der Waals surface area (Å²) in [5.41, 5.74) is 4.34. The third kappa shape index (κ3) is 5.17. The maximum atomic E-state index is 14.7. The van der Waals surface area contributed by atoms with E-state index >= 15 is 0 Å². The third-order valence-electron chi connectivity index (χ3n) is 5.97. The molecule has 0 radical (unpaired) electrons. The van der Waals surface area contributed by atoms with Gasteiger partial charge in [-0.05, 0) is 53.3 Å². The highest BCUT2D eigenvalue weighted by molar-refractivity contribution is 5.66. The number of benzene rings is 4. The third-order valence-corrected chi connectivity index (χ3v) is 5.97. The van der Waals surface area contributed by atoms with Crippen LogP contribution in [0, 0.1) is 17.5 Å². The lowest BCUT2D eigenvalue weighted by Crippen LogP contribution is -2.02. The van der Waals surface area contributed by atoms with Gasteiger partial charge < -0.3 is 4.74 Å². The van der Waals surface area contributed by atoms with Gasteiger partial charge in [0, 0.05) is 16.7 Å². The Kier molecular flexibility index (Phi) is 7.36. The van der Waals surface area contributed by atoms with Crippen LogP contribution in [-0.2, 0) is 19.4 Å². The molecule has 0 saturated carbocycles. The Morgan fingerprint density at radius 3 is 1.91 bits per heavy atom. The largest absolute Gasteiger partial charge is 0.489 e. The van der Waals surface area contributed by atoms with E-state index in [4.69, 9.17) is 4.74 Å². The molecule has 34 heavy (non-hydrogen) atoms. The van der Waals surface area contributed by atoms with Crippen molar-refractivity contribution in [1.82, 2.24) is 0 Å². The summed E-state index contributed by atoms with van der Waals surface area (Å²) in [6.07, 6.45) is 2.69. The van der Waals surface area contributed by atoms with Gasteiger partial charge in [-0.15, -0.1) is 0 Å². The molecule has 4 aromatic rings. The first-order valence-corrected chi connectivity index (χ1v) is 11.6. The van der Waals surface area contributed by atoms with Gasteiger partial charge in [0.15, 0.2) is 11.6 Å². The second kappa shape index (κ2) is 10.6. The van der Waals surface area contributed by atoms with Crippen LogP contribution in [0.1, 0.15) is 37.0 Å². The molecule has 4 aromatic carbocycles. The van der Waals surface area contributed by atoms with Crippen molar-refractivity contribution in [3.63, 3.8) is 0 Å². The molecule has 0 aliphatic carbocycles. The smallest absolute Gasteiger partial charge is 0.167 e. The topological polar surface area (TPSA) is 9.23 Å². The molecule has 0 unspecified atom stereocenters. The first kappa shape index (κ1) is 23.6. The second-order valence-electron chi connectivity index (χ2n) is 8.33. The van der Waals surface area contributed by atoms with Crippen LogP contribution in [0.15, 0.2) is 78.9 Å². The fourth-order valence-electron chi connectivity index (χ4n) is 3.97. The first-order valence-electron chi connectivity index (χ1n) is 11.6. The average Bonchev–Trinajstić information content (AvgIpc) is 2.86. The van der Waals surface area contributed by atoms with Crippen molar-refractivity contribution in [2.75, 3.05) is 0 Å². The van der Waals surface area contributed by atoms with Crippen molar-refractivity contribution in [1.29, 1.82) is 0 Å². The molecule has 0 amide bonds. The fraction of sp³-hybridized carbons (Fsp3) is 0.200. The highest BCUT2D eigenvalue weighted by Gasteiger charge is 2.15. The van der Waals surface area contributed by atoms with Crippen LogP contribution >= 0.6 is 0 Å². The molecule has 4 heteroatoms.